The van der Waals surface area contributed by atoms with E-state index in [4.69, 9.17) is 33.8 Å². The molecule has 1 saturated carbocycles. The zero-order valence-corrected chi connectivity index (χ0v) is 33.1. The van der Waals surface area contributed by atoms with E-state index < -0.39 is 5.97 Å². The second kappa shape index (κ2) is 17.9. The van der Waals surface area contributed by atoms with Crippen molar-refractivity contribution < 1.29 is 33.6 Å². The number of fused-ring (bicyclic) bond motifs is 3. The number of carbonyl (C=O) groups excluding carboxylic acids is 1. The number of aryl methyl sites for hydroxylation is 2. The van der Waals surface area contributed by atoms with Crippen LogP contribution in [0.25, 0.3) is 21.0 Å². The van der Waals surface area contributed by atoms with Gasteiger partial charge in [-0.05, 0) is 122 Å². The Morgan fingerprint density at radius 1 is 0.930 bits per heavy atom. The highest BCUT2D eigenvalue weighted by Crippen LogP contribution is 2.39. The van der Waals surface area contributed by atoms with Gasteiger partial charge in [0.05, 0.1) is 54.0 Å². The molecule has 8 rings (SSSR count). The first-order chi connectivity index (χ1) is 27.9. The van der Waals surface area contributed by atoms with Crippen LogP contribution in [-0.2, 0) is 16.1 Å². The molecule has 10 nitrogen and oxygen atoms in total. The predicted molar refractivity (Wildman–Crippen MR) is 224 cm³/mol. The number of esters is 1. The molecule has 3 atom stereocenters. The average molecular weight is 786 g/mol. The van der Waals surface area contributed by atoms with Crippen LogP contribution >= 0.6 is 11.3 Å². The largest absolute Gasteiger partial charge is 0.493 e. The summed E-state index contributed by atoms with van der Waals surface area (Å²) in [5.41, 5.74) is 4.97. The van der Waals surface area contributed by atoms with Crippen molar-refractivity contribution in [1.82, 2.24) is 4.98 Å². The first kappa shape index (κ1) is 38.5. The van der Waals surface area contributed by atoms with Gasteiger partial charge in [-0.3, -0.25) is 0 Å². The fourth-order valence-electron chi connectivity index (χ4n) is 7.22. The lowest BCUT2D eigenvalue weighted by Gasteiger charge is -2.18. The first-order valence-corrected chi connectivity index (χ1v) is 20.4. The molecule has 1 aromatic heterocycles. The van der Waals surface area contributed by atoms with Gasteiger partial charge in [-0.2, -0.15) is 5.10 Å². The summed E-state index contributed by atoms with van der Waals surface area (Å²) in [6.07, 6.45) is 7.10. The summed E-state index contributed by atoms with van der Waals surface area (Å²) in [7, 11) is 0. The number of epoxide rings is 1. The zero-order chi connectivity index (χ0) is 39.1. The van der Waals surface area contributed by atoms with E-state index in [-0.39, 0.29) is 6.61 Å². The minimum absolute atomic E-state index is 0.0660. The Labute approximate surface area is 336 Å². The topological polar surface area (TPSA) is 115 Å². The molecule has 1 aliphatic heterocycles. The van der Waals surface area contributed by atoms with Gasteiger partial charge in [-0.25, -0.2) is 14.8 Å². The number of nitrogens with zero attached hydrogens (tertiary/aromatic N) is 3. The molecule has 5 aromatic carbocycles. The van der Waals surface area contributed by atoms with Gasteiger partial charge < -0.3 is 28.8 Å². The van der Waals surface area contributed by atoms with Crippen LogP contribution in [0.4, 0.5) is 5.13 Å². The van der Waals surface area contributed by atoms with Gasteiger partial charge in [0.1, 0.15) is 23.9 Å². The van der Waals surface area contributed by atoms with Crippen LogP contribution in [0, 0.1) is 19.8 Å². The van der Waals surface area contributed by atoms with Crippen LogP contribution in [0.1, 0.15) is 58.3 Å². The SMILES string of the molecule is Cc1ccc(OCc2ccc(OC(=O)c3ccc4cc(OCCCOCC5CCC6OC6C5)ccc4c3)c(C)c2)c(/C=N/N(CCO)c2nc3ccccc3s2)c1. The molecule has 57 heavy (non-hydrogen) atoms. The summed E-state index contributed by atoms with van der Waals surface area (Å²) in [6, 6.07) is 31.0. The fourth-order valence-corrected chi connectivity index (χ4v) is 8.16. The van der Waals surface area contributed by atoms with Gasteiger partial charge in [0.15, 0.2) is 0 Å². The molecule has 2 heterocycles. The number of benzene rings is 5. The Hall–Kier alpha value is -5.33. The second-order valence-electron chi connectivity index (χ2n) is 14.8. The normalized spacial score (nSPS) is 17.5. The molecular formula is C46H47N3O7S. The van der Waals surface area contributed by atoms with Crippen LogP contribution in [0.5, 0.6) is 17.2 Å². The maximum Gasteiger partial charge on any atom is 0.343 e. The highest BCUT2D eigenvalue weighted by molar-refractivity contribution is 7.22. The number of hydrazone groups is 1. The van der Waals surface area contributed by atoms with Crippen molar-refractivity contribution in [1.29, 1.82) is 0 Å². The molecule has 11 heteroatoms. The van der Waals surface area contributed by atoms with Crippen molar-refractivity contribution in [2.24, 2.45) is 11.0 Å². The number of ether oxygens (including phenoxy) is 5. The van der Waals surface area contributed by atoms with Crippen molar-refractivity contribution in [3.05, 3.63) is 125 Å². The predicted octanol–water partition coefficient (Wildman–Crippen LogP) is 9.05. The summed E-state index contributed by atoms with van der Waals surface area (Å²) in [6.45, 7) is 6.55. The van der Waals surface area contributed by atoms with Crippen LogP contribution in [0.2, 0.25) is 0 Å². The number of carbonyl (C=O) groups is 1. The molecule has 1 aliphatic carbocycles. The van der Waals surface area contributed by atoms with Crippen LogP contribution in [-0.4, -0.2) is 67.5 Å². The number of thiazole rings is 1. The van der Waals surface area contributed by atoms with Crippen molar-refractivity contribution in [2.45, 2.75) is 58.3 Å². The third-order valence-corrected chi connectivity index (χ3v) is 11.4. The van der Waals surface area contributed by atoms with E-state index in [1.165, 1.54) is 24.2 Å². The maximum absolute atomic E-state index is 13.2. The lowest BCUT2D eigenvalue weighted by Crippen LogP contribution is -2.20. The molecule has 3 unspecified atom stereocenters. The maximum atomic E-state index is 13.2. The van der Waals surface area contributed by atoms with E-state index in [1.807, 2.05) is 98.8 Å². The number of para-hydroxylation sites is 1. The standard InChI is InChI=1S/C46H47N3O7S/c1-30-8-15-41(37(22-30)27-47-49(18-19-50)46-48-39-6-3-4-7-44(39)57-46)54-29-32-9-16-40(31(2)23-32)56-45(51)36-12-11-35-26-38(14-13-34(35)25-36)53-21-5-20-52-28-33-10-17-42-43(24-33)55-42/h3-4,6-9,11-16,22-23,25-27,33,42-43,50H,5,10,17-21,24,28-29H2,1-2H3/b47-27+. The van der Waals surface area contributed by atoms with Crippen LogP contribution < -0.4 is 19.2 Å². The third kappa shape index (κ3) is 9.80. The monoisotopic (exact) mass is 785 g/mol. The Morgan fingerprint density at radius 2 is 1.79 bits per heavy atom. The van der Waals surface area contributed by atoms with E-state index in [1.54, 1.807) is 23.4 Å². The molecule has 294 valence electrons. The lowest BCUT2D eigenvalue weighted by atomic mass is 9.90. The van der Waals surface area contributed by atoms with Crippen LogP contribution in [0.3, 0.4) is 0 Å². The summed E-state index contributed by atoms with van der Waals surface area (Å²) < 4.78 is 30.7. The summed E-state index contributed by atoms with van der Waals surface area (Å²) in [5.74, 6) is 2.14. The molecule has 2 aliphatic rings. The Kier molecular flexibility index (Phi) is 12.1. The molecule has 0 amide bonds. The number of anilines is 1. The minimum atomic E-state index is -0.424. The zero-order valence-electron chi connectivity index (χ0n) is 32.3. The lowest BCUT2D eigenvalue weighted by molar-refractivity contribution is 0.0733. The van der Waals surface area contributed by atoms with E-state index in [0.717, 1.165) is 68.4 Å². The molecule has 0 radical (unpaired) electrons. The van der Waals surface area contributed by atoms with E-state index in [9.17, 15) is 9.90 Å². The van der Waals surface area contributed by atoms with Gasteiger partial charge in [0.25, 0.3) is 0 Å². The number of hydrogen-bond acceptors (Lipinski definition) is 11. The van der Waals surface area contributed by atoms with Gasteiger partial charge in [-0.1, -0.05) is 53.3 Å². The van der Waals surface area contributed by atoms with Gasteiger partial charge in [0.2, 0.25) is 5.13 Å². The quantitative estimate of drug-likeness (QED) is 0.0242. The molecule has 2 fully saturated rings. The molecule has 6 aromatic rings. The van der Waals surface area contributed by atoms with Gasteiger partial charge >= 0.3 is 5.97 Å². The first-order valence-electron chi connectivity index (χ1n) is 19.6. The number of aliphatic hydroxyl groups is 1. The van der Waals surface area contributed by atoms with Gasteiger partial charge in [0, 0.05) is 25.2 Å². The summed E-state index contributed by atoms with van der Waals surface area (Å²) >= 11 is 1.53. The Bertz CT molecular complexity index is 2350. The molecule has 1 N–H and O–H groups in total. The van der Waals surface area contributed by atoms with E-state index in [0.29, 0.717) is 66.7 Å². The Morgan fingerprint density at radius 3 is 2.65 bits per heavy atom. The van der Waals surface area contributed by atoms with Crippen molar-refractivity contribution >= 4 is 49.6 Å². The molecule has 0 bridgehead atoms. The van der Waals surface area contributed by atoms with Crippen molar-refractivity contribution in [2.75, 3.05) is 38.0 Å². The smallest absolute Gasteiger partial charge is 0.343 e. The number of aromatic nitrogens is 1. The second-order valence-corrected chi connectivity index (χ2v) is 15.8. The number of aliphatic hydroxyl groups excluding tert-OH is 1. The third-order valence-electron chi connectivity index (χ3n) is 10.4. The van der Waals surface area contributed by atoms with Crippen molar-refractivity contribution in [3.8, 4) is 17.2 Å². The fraction of sp³-hybridized carbons (Fsp3) is 0.326. The Balaban J connectivity index is 0.834. The minimum Gasteiger partial charge on any atom is -0.493 e. The number of rotatable bonds is 17. The van der Waals surface area contributed by atoms with Crippen molar-refractivity contribution in [3.63, 3.8) is 0 Å². The highest BCUT2D eigenvalue weighted by Gasteiger charge is 2.43. The molecule has 1 saturated heterocycles. The number of hydrogen-bond donors (Lipinski definition) is 1. The average Bonchev–Trinajstić information content (AvgIpc) is 3.87. The molecular weight excluding hydrogens is 739 g/mol. The van der Waals surface area contributed by atoms with Crippen LogP contribution in [0.15, 0.2) is 102 Å². The van der Waals surface area contributed by atoms with E-state index in [2.05, 4.69) is 0 Å². The molecule has 0 spiro atoms. The van der Waals surface area contributed by atoms with E-state index >= 15 is 0 Å². The highest BCUT2D eigenvalue weighted by atomic mass is 32.1. The summed E-state index contributed by atoms with van der Waals surface area (Å²) in [4.78, 5) is 17.9. The van der Waals surface area contributed by atoms with Gasteiger partial charge in [-0.15, -0.1) is 0 Å². The summed E-state index contributed by atoms with van der Waals surface area (Å²) in [5, 5.41) is 18.8.